The highest BCUT2D eigenvalue weighted by Crippen LogP contribution is 2.23. The van der Waals surface area contributed by atoms with Crippen LogP contribution in [0.15, 0.2) is 65.5 Å². The minimum absolute atomic E-state index is 0.0302. The van der Waals surface area contributed by atoms with E-state index < -0.39 is 34.0 Å². The van der Waals surface area contributed by atoms with Gasteiger partial charge >= 0.3 is 5.97 Å². The maximum atomic E-state index is 13.2. The maximum Gasteiger partial charge on any atom is 0.329 e. The first-order chi connectivity index (χ1) is 15.2. The summed E-state index contributed by atoms with van der Waals surface area (Å²) in [4.78, 5) is 26.9. The standard InChI is InChI=1S/C23H28N2O5S/c1-17(2)15-20(24-31(28,29)19-11-7-4-8-12-19)22(26)25-14-13-21(25)23(27)30-16-18-9-5-3-6-10-18/h3-12,17,20-21,24H,13-16H2,1-2H3/t20-,21-/m0/s1/i11D. The fourth-order valence-corrected chi connectivity index (χ4v) is 4.57. The molecule has 166 valence electrons. The average molecular weight is 446 g/mol. The summed E-state index contributed by atoms with van der Waals surface area (Å²) >= 11 is 0. The van der Waals surface area contributed by atoms with Crippen molar-refractivity contribution < 1.29 is 24.1 Å². The van der Waals surface area contributed by atoms with E-state index >= 15 is 0 Å². The van der Waals surface area contributed by atoms with Gasteiger partial charge in [-0.05, 0) is 36.4 Å². The molecule has 1 amide bonds. The van der Waals surface area contributed by atoms with Gasteiger partial charge in [0, 0.05) is 6.54 Å². The van der Waals surface area contributed by atoms with Crippen LogP contribution in [0.3, 0.4) is 0 Å². The van der Waals surface area contributed by atoms with Crippen LogP contribution in [0, 0.1) is 5.92 Å². The third-order valence-corrected chi connectivity index (χ3v) is 6.50. The van der Waals surface area contributed by atoms with Gasteiger partial charge in [-0.15, -0.1) is 0 Å². The van der Waals surface area contributed by atoms with E-state index in [2.05, 4.69) is 4.72 Å². The molecule has 0 aliphatic carbocycles. The fraction of sp³-hybridized carbons (Fsp3) is 0.391. The number of nitrogens with zero attached hydrogens (tertiary/aromatic N) is 1. The fourth-order valence-electron chi connectivity index (χ4n) is 3.39. The smallest absolute Gasteiger partial charge is 0.329 e. The molecule has 1 fully saturated rings. The van der Waals surface area contributed by atoms with Crippen molar-refractivity contribution in [2.75, 3.05) is 6.54 Å². The monoisotopic (exact) mass is 445 g/mol. The van der Waals surface area contributed by atoms with Crippen molar-refractivity contribution in [3.05, 3.63) is 66.2 Å². The van der Waals surface area contributed by atoms with E-state index in [4.69, 9.17) is 6.11 Å². The molecule has 1 aliphatic heterocycles. The van der Waals surface area contributed by atoms with Crippen molar-refractivity contribution in [1.29, 1.82) is 0 Å². The van der Waals surface area contributed by atoms with Crippen molar-refractivity contribution >= 4 is 21.9 Å². The average Bonchev–Trinajstić information content (AvgIpc) is 2.71. The second-order valence-electron chi connectivity index (χ2n) is 7.96. The van der Waals surface area contributed by atoms with Crippen LogP contribution < -0.4 is 4.72 Å². The molecular formula is C23H28N2O5S. The number of rotatable bonds is 9. The molecule has 0 radical (unpaired) electrons. The van der Waals surface area contributed by atoms with E-state index in [0.717, 1.165) is 5.56 Å². The van der Waals surface area contributed by atoms with Crippen molar-refractivity contribution in [3.8, 4) is 0 Å². The van der Waals surface area contributed by atoms with Gasteiger partial charge in [0.1, 0.15) is 18.7 Å². The van der Waals surface area contributed by atoms with E-state index in [0.29, 0.717) is 13.0 Å². The SMILES string of the molecule is [2H]c1ccccc1S(=O)(=O)N[C@@H](CC(C)C)C(=O)N1CC[C@H]1C(=O)OCc1ccccc1. The van der Waals surface area contributed by atoms with Crippen LogP contribution in [-0.2, 0) is 31.0 Å². The summed E-state index contributed by atoms with van der Waals surface area (Å²) in [5.41, 5.74) is 0.845. The van der Waals surface area contributed by atoms with E-state index in [1.54, 1.807) is 6.07 Å². The van der Waals surface area contributed by atoms with Gasteiger partial charge in [-0.1, -0.05) is 62.4 Å². The molecule has 2 aromatic carbocycles. The summed E-state index contributed by atoms with van der Waals surface area (Å²) in [6.07, 6.45) is 0.733. The van der Waals surface area contributed by atoms with E-state index in [9.17, 15) is 18.0 Å². The molecule has 31 heavy (non-hydrogen) atoms. The number of likely N-dealkylation sites (tertiary alicyclic amines) is 1. The minimum Gasteiger partial charge on any atom is -0.459 e. The first-order valence-corrected chi connectivity index (χ1v) is 11.8. The number of benzene rings is 2. The highest BCUT2D eigenvalue weighted by atomic mass is 32.2. The zero-order valence-electron chi connectivity index (χ0n) is 18.7. The molecule has 0 spiro atoms. The summed E-state index contributed by atoms with van der Waals surface area (Å²) < 4.78 is 41.4. The van der Waals surface area contributed by atoms with Crippen LogP contribution in [0.4, 0.5) is 0 Å². The summed E-state index contributed by atoms with van der Waals surface area (Å²) in [5, 5.41) is 0. The number of esters is 1. The van der Waals surface area contributed by atoms with Gasteiger partial charge in [0.2, 0.25) is 15.9 Å². The number of carbonyl (C=O) groups is 2. The Bertz CT molecular complexity index is 1060. The lowest BCUT2D eigenvalue weighted by Crippen LogP contribution is -2.60. The zero-order chi connectivity index (χ0) is 23.3. The molecule has 1 N–H and O–H groups in total. The lowest BCUT2D eigenvalue weighted by molar-refractivity contribution is -0.163. The highest BCUT2D eigenvalue weighted by Gasteiger charge is 2.42. The largest absolute Gasteiger partial charge is 0.459 e. The molecule has 0 saturated carbocycles. The van der Waals surface area contributed by atoms with Gasteiger partial charge in [0.25, 0.3) is 0 Å². The number of carbonyl (C=O) groups excluding carboxylic acids is 2. The van der Waals surface area contributed by atoms with Crippen molar-refractivity contribution in [1.82, 2.24) is 9.62 Å². The Labute approximate surface area is 184 Å². The van der Waals surface area contributed by atoms with Crippen LogP contribution in [0.2, 0.25) is 0 Å². The Balaban J connectivity index is 1.70. The summed E-state index contributed by atoms with van der Waals surface area (Å²) in [7, 11) is -4.08. The highest BCUT2D eigenvalue weighted by molar-refractivity contribution is 7.89. The number of nitrogens with one attached hydrogen (secondary N) is 1. The normalized spacial score (nSPS) is 17.6. The molecule has 0 bridgehead atoms. The van der Waals surface area contributed by atoms with Gasteiger partial charge in [-0.25, -0.2) is 13.2 Å². The lowest BCUT2D eigenvalue weighted by Gasteiger charge is -2.41. The molecule has 3 rings (SSSR count). The van der Waals surface area contributed by atoms with E-state index in [1.807, 2.05) is 44.2 Å². The number of hydrogen-bond donors (Lipinski definition) is 1. The molecule has 0 unspecified atom stereocenters. The second kappa shape index (κ2) is 10.1. The van der Waals surface area contributed by atoms with Gasteiger partial charge < -0.3 is 9.64 Å². The first-order valence-electron chi connectivity index (χ1n) is 10.8. The zero-order valence-corrected chi connectivity index (χ0v) is 18.5. The van der Waals surface area contributed by atoms with Crippen LogP contribution >= 0.6 is 0 Å². The van der Waals surface area contributed by atoms with Crippen LogP contribution in [-0.4, -0.2) is 43.8 Å². The molecule has 1 saturated heterocycles. The molecule has 2 aromatic rings. The van der Waals surface area contributed by atoms with E-state index in [1.165, 1.54) is 23.1 Å². The number of ether oxygens (including phenoxy) is 1. The second-order valence-corrected chi connectivity index (χ2v) is 9.64. The number of hydrogen-bond acceptors (Lipinski definition) is 5. The molecule has 0 aromatic heterocycles. The van der Waals surface area contributed by atoms with Crippen molar-refractivity contribution in [3.63, 3.8) is 0 Å². The molecule has 2 atom stereocenters. The third-order valence-electron chi connectivity index (χ3n) is 5.07. The Hall–Kier alpha value is -2.71. The van der Waals surface area contributed by atoms with Gasteiger partial charge in [-0.2, -0.15) is 4.72 Å². The number of sulfonamides is 1. The molecule has 7 nitrogen and oxygen atoms in total. The number of amides is 1. The van der Waals surface area contributed by atoms with E-state index in [-0.39, 0.29) is 29.9 Å². The minimum atomic E-state index is -4.08. The molecule has 1 heterocycles. The van der Waals surface area contributed by atoms with Crippen LogP contribution in [0.1, 0.15) is 33.6 Å². The Morgan fingerprint density at radius 3 is 2.45 bits per heavy atom. The third kappa shape index (κ3) is 5.92. The molecule has 1 aliphatic rings. The topological polar surface area (TPSA) is 92.8 Å². The van der Waals surface area contributed by atoms with Gasteiger partial charge in [-0.3, -0.25) is 4.79 Å². The van der Waals surface area contributed by atoms with Gasteiger partial charge in [0.05, 0.1) is 6.27 Å². The van der Waals surface area contributed by atoms with Crippen LogP contribution in [0.5, 0.6) is 0 Å². The Kier molecular flexibility index (Phi) is 6.99. The Morgan fingerprint density at radius 1 is 1.16 bits per heavy atom. The predicted octanol–water partition coefficient (Wildman–Crippen LogP) is 2.72. The quantitative estimate of drug-likeness (QED) is 0.599. The van der Waals surface area contributed by atoms with Crippen LogP contribution in [0.25, 0.3) is 0 Å². The summed E-state index contributed by atoms with van der Waals surface area (Å²) in [6, 6.07) is 13.1. The lowest BCUT2D eigenvalue weighted by atomic mass is 9.98. The maximum absolute atomic E-state index is 13.2. The molecule has 8 heteroatoms. The first kappa shape index (κ1) is 21.5. The predicted molar refractivity (Wildman–Crippen MR) is 116 cm³/mol. The summed E-state index contributed by atoms with van der Waals surface area (Å²) in [6.45, 7) is 4.24. The van der Waals surface area contributed by atoms with Gasteiger partial charge in [0.15, 0.2) is 0 Å². The molecular weight excluding hydrogens is 416 g/mol. The van der Waals surface area contributed by atoms with Crippen molar-refractivity contribution in [2.45, 2.75) is 50.3 Å². The van der Waals surface area contributed by atoms with Crippen molar-refractivity contribution in [2.24, 2.45) is 5.92 Å². The summed E-state index contributed by atoms with van der Waals surface area (Å²) in [5.74, 6) is -0.934. The Morgan fingerprint density at radius 2 is 1.84 bits per heavy atom.